The average Bonchev–Trinajstić information content (AvgIpc) is 3.00. The molecule has 28 heavy (non-hydrogen) atoms. The van der Waals surface area contributed by atoms with E-state index >= 15 is 0 Å². The zero-order valence-electron chi connectivity index (χ0n) is 15.7. The van der Waals surface area contributed by atoms with Crippen LogP contribution in [0.4, 0.5) is 5.69 Å². The first-order chi connectivity index (χ1) is 13.4. The highest BCUT2D eigenvalue weighted by molar-refractivity contribution is 6.03. The second-order valence-electron chi connectivity index (χ2n) is 6.29. The van der Waals surface area contributed by atoms with E-state index in [1.54, 1.807) is 12.1 Å². The van der Waals surface area contributed by atoms with E-state index < -0.39 is 11.5 Å². The van der Waals surface area contributed by atoms with Crippen LogP contribution in [0, 0.1) is 0 Å². The van der Waals surface area contributed by atoms with E-state index in [2.05, 4.69) is 10.2 Å². The van der Waals surface area contributed by atoms with Crippen molar-refractivity contribution in [1.29, 1.82) is 0 Å². The number of carbonyl (C=O) groups excluding carboxylic acids is 3. The summed E-state index contributed by atoms with van der Waals surface area (Å²) in [5, 5.41) is 3.01. The van der Waals surface area contributed by atoms with Gasteiger partial charge in [-0.25, -0.2) is 4.79 Å². The minimum absolute atomic E-state index is 0.154. The van der Waals surface area contributed by atoms with E-state index in [0.717, 1.165) is 29.9 Å². The van der Waals surface area contributed by atoms with Crippen molar-refractivity contribution in [3.8, 4) is 0 Å². The molecule has 2 heterocycles. The third-order valence-corrected chi connectivity index (χ3v) is 4.62. The largest absolute Gasteiger partial charge is 0.422 e. The van der Waals surface area contributed by atoms with Gasteiger partial charge in [-0.3, -0.25) is 19.3 Å². The van der Waals surface area contributed by atoms with Crippen LogP contribution in [-0.2, 0) is 9.59 Å². The fourth-order valence-corrected chi connectivity index (χ4v) is 3.07. The van der Waals surface area contributed by atoms with Gasteiger partial charge < -0.3 is 14.6 Å². The second kappa shape index (κ2) is 8.08. The first-order valence-corrected chi connectivity index (χ1v) is 9.09. The monoisotopic (exact) mass is 383 g/mol. The maximum atomic E-state index is 12.3. The summed E-state index contributed by atoms with van der Waals surface area (Å²) >= 11 is 0. The molecule has 1 fully saturated rings. The lowest BCUT2D eigenvalue weighted by Crippen LogP contribution is -2.27. The van der Waals surface area contributed by atoms with Gasteiger partial charge >= 0.3 is 5.63 Å². The molecule has 3 amide bonds. The fourth-order valence-electron chi connectivity index (χ4n) is 3.07. The van der Waals surface area contributed by atoms with Gasteiger partial charge in [-0.2, -0.15) is 0 Å². The summed E-state index contributed by atoms with van der Waals surface area (Å²) < 4.78 is 5.32. The summed E-state index contributed by atoms with van der Waals surface area (Å²) in [4.78, 5) is 50.6. The predicted molar refractivity (Wildman–Crippen MR) is 104 cm³/mol. The van der Waals surface area contributed by atoms with Crippen LogP contribution in [0.15, 0.2) is 45.9 Å². The van der Waals surface area contributed by atoms with Crippen LogP contribution in [-0.4, -0.2) is 35.7 Å². The molecule has 0 saturated carbocycles. The number of benzene rings is 1. The Bertz CT molecular complexity index is 1000. The Labute approximate surface area is 161 Å². The molecule has 0 atom stereocenters. The zero-order valence-corrected chi connectivity index (χ0v) is 15.7. The molecule has 8 nitrogen and oxygen atoms in total. The van der Waals surface area contributed by atoms with Gasteiger partial charge in [0.15, 0.2) is 0 Å². The van der Waals surface area contributed by atoms with Crippen LogP contribution in [0.2, 0.25) is 0 Å². The summed E-state index contributed by atoms with van der Waals surface area (Å²) in [6, 6.07) is 6.93. The van der Waals surface area contributed by atoms with Crippen molar-refractivity contribution in [3.05, 3.63) is 52.6 Å². The molecule has 1 aliphatic heterocycles. The molecule has 1 saturated heterocycles. The van der Waals surface area contributed by atoms with E-state index in [4.69, 9.17) is 4.42 Å². The first-order valence-electron chi connectivity index (χ1n) is 9.09. The van der Waals surface area contributed by atoms with Crippen LogP contribution in [0.25, 0.3) is 11.0 Å². The topological polar surface area (TPSA) is 99.9 Å². The maximum absolute atomic E-state index is 12.3. The Morgan fingerprint density at radius 2 is 1.82 bits per heavy atom. The number of hydrogen-bond donors (Lipinski definition) is 1. The molecular weight excluding hydrogens is 362 g/mol. The molecule has 0 aliphatic carbocycles. The fraction of sp³-hybridized carbons (Fsp3) is 0.300. The normalized spacial score (nSPS) is 14.3. The third-order valence-electron chi connectivity index (χ3n) is 4.62. The number of nitrogens with zero attached hydrogens (tertiary/aromatic N) is 2. The van der Waals surface area contributed by atoms with E-state index in [0.29, 0.717) is 11.0 Å². The van der Waals surface area contributed by atoms with Crippen molar-refractivity contribution in [1.82, 2.24) is 10.2 Å². The van der Waals surface area contributed by atoms with E-state index in [-0.39, 0.29) is 30.2 Å². The van der Waals surface area contributed by atoms with Crippen LogP contribution >= 0.6 is 0 Å². The zero-order chi connectivity index (χ0) is 20.3. The number of imide groups is 1. The lowest BCUT2D eigenvalue weighted by Gasteiger charge is -2.20. The number of likely N-dealkylation sites (tertiary alicyclic amines) is 1. The third kappa shape index (κ3) is 3.80. The van der Waals surface area contributed by atoms with Gasteiger partial charge in [0.1, 0.15) is 11.1 Å². The Morgan fingerprint density at radius 3 is 2.46 bits per heavy atom. The molecule has 3 rings (SSSR count). The van der Waals surface area contributed by atoms with E-state index in [9.17, 15) is 19.2 Å². The molecule has 1 N–H and O–H groups in total. The van der Waals surface area contributed by atoms with Gasteiger partial charge in [-0.15, -0.1) is 0 Å². The van der Waals surface area contributed by atoms with Gasteiger partial charge in [0.25, 0.3) is 5.91 Å². The quantitative estimate of drug-likeness (QED) is 0.605. The number of nitrogens with one attached hydrogen (secondary N) is 1. The summed E-state index contributed by atoms with van der Waals surface area (Å²) in [7, 11) is 0. The standard InChI is InChI=1S/C20H21N3O5/c1-3-22(4-2)14-6-5-13-11-15(20(27)28-16(13)12-14)19(26)21-9-10-23-17(24)7-8-18(23)25/h5-6,9-12H,3-4,7-8H2,1-2H3,(H,21,26)/b10-9-. The number of anilines is 1. The highest BCUT2D eigenvalue weighted by Crippen LogP contribution is 2.22. The average molecular weight is 383 g/mol. The number of hydrogen-bond acceptors (Lipinski definition) is 6. The molecule has 0 spiro atoms. The van der Waals surface area contributed by atoms with Crippen molar-refractivity contribution in [2.45, 2.75) is 26.7 Å². The molecule has 146 valence electrons. The summed E-state index contributed by atoms with van der Waals surface area (Å²) in [6.07, 6.45) is 2.66. The van der Waals surface area contributed by atoms with Crippen molar-refractivity contribution < 1.29 is 18.8 Å². The van der Waals surface area contributed by atoms with Crippen molar-refractivity contribution in [2.75, 3.05) is 18.0 Å². The molecule has 0 bridgehead atoms. The number of amides is 3. The van der Waals surface area contributed by atoms with Crippen LogP contribution in [0.3, 0.4) is 0 Å². The highest BCUT2D eigenvalue weighted by atomic mass is 16.4. The number of rotatable bonds is 6. The lowest BCUT2D eigenvalue weighted by atomic mass is 10.1. The van der Waals surface area contributed by atoms with Gasteiger partial charge in [-0.05, 0) is 32.0 Å². The molecule has 1 aromatic carbocycles. The minimum Gasteiger partial charge on any atom is -0.422 e. The van der Waals surface area contributed by atoms with Crippen LogP contribution in [0.1, 0.15) is 37.0 Å². The van der Waals surface area contributed by atoms with E-state index in [1.807, 2.05) is 19.9 Å². The smallest absolute Gasteiger partial charge is 0.349 e. The van der Waals surface area contributed by atoms with Gasteiger partial charge in [0.05, 0.1) is 0 Å². The molecule has 0 radical (unpaired) electrons. The Hall–Kier alpha value is -3.42. The summed E-state index contributed by atoms with van der Waals surface area (Å²) in [5.74, 6) is -1.34. The number of fused-ring (bicyclic) bond motifs is 1. The molecule has 1 aromatic heterocycles. The molecule has 2 aromatic rings. The maximum Gasteiger partial charge on any atom is 0.349 e. The first kappa shape index (κ1) is 19.3. The summed E-state index contributed by atoms with van der Waals surface area (Å²) in [6.45, 7) is 5.71. The summed E-state index contributed by atoms with van der Waals surface area (Å²) in [5.41, 5.74) is 0.408. The Morgan fingerprint density at radius 1 is 1.14 bits per heavy atom. The van der Waals surface area contributed by atoms with E-state index in [1.165, 1.54) is 12.3 Å². The molecule has 8 heteroatoms. The molecule has 1 aliphatic rings. The molecular formula is C20H21N3O5. The van der Waals surface area contributed by atoms with Crippen molar-refractivity contribution in [3.63, 3.8) is 0 Å². The van der Waals surface area contributed by atoms with Crippen molar-refractivity contribution >= 4 is 34.4 Å². The highest BCUT2D eigenvalue weighted by Gasteiger charge is 2.26. The minimum atomic E-state index is -0.761. The predicted octanol–water partition coefficient (Wildman–Crippen LogP) is 1.99. The Kier molecular flexibility index (Phi) is 5.58. The van der Waals surface area contributed by atoms with Crippen LogP contribution in [0.5, 0.6) is 0 Å². The SMILES string of the molecule is CCN(CC)c1ccc2cc(C(=O)N/C=C\N3C(=O)CCC3=O)c(=O)oc2c1. The van der Waals surface area contributed by atoms with Gasteiger partial charge in [-0.1, -0.05) is 0 Å². The van der Waals surface area contributed by atoms with Crippen LogP contribution < -0.4 is 15.8 Å². The van der Waals surface area contributed by atoms with Gasteiger partial charge in [0.2, 0.25) is 11.8 Å². The number of carbonyl (C=O) groups is 3. The van der Waals surface area contributed by atoms with Gasteiger partial charge in [0, 0.05) is 55.5 Å². The molecule has 0 unspecified atom stereocenters. The Balaban J connectivity index is 1.80. The van der Waals surface area contributed by atoms with Crippen molar-refractivity contribution in [2.24, 2.45) is 0 Å². The second-order valence-corrected chi connectivity index (χ2v) is 6.29. The lowest BCUT2D eigenvalue weighted by molar-refractivity contribution is -0.135.